The summed E-state index contributed by atoms with van der Waals surface area (Å²) in [6, 6.07) is 0.829. The van der Waals surface area contributed by atoms with E-state index in [1.807, 2.05) is 20.8 Å². The van der Waals surface area contributed by atoms with Gasteiger partial charge in [-0.05, 0) is 41.2 Å². The highest BCUT2D eigenvalue weighted by molar-refractivity contribution is 5.84. The van der Waals surface area contributed by atoms with Crippen LogP contribution in [0.2, 0.25) is 0 Å². The monoisotopic (exact) mass is 270 g/mol. The van der Waals surface area contributed by atoms with Crippen LogP contribution >= 0.6 is 0 Å². The molecule has 1 heterocycles. The molecule has 5 heteroatoms. The Morgan fingerprint density at radius 2 is 2.11 bits per heavy atom. The van der Waals surface area contributed by atoms with E-state index in [1.165, 1.54) is 0 Å². The number of hydrogen-bond donors (Lipinski definition) is 2. The third-order valence-electron chi connectivity index (χ3n) is 4.12. The van der Waals surface area contributed by atoms with Gasteiger partial charge in [0.1, 0.15) is 0 Å². The lowest BCUT2D eigenvalue weighted by molar-refractivity contribution is -0.124. The van der Waals surface area contributed by atoms with E-state index in [2.05, 4.69) is 29.1 Å². The van der Waals surface area contributed by atoms with Gasteiger partial charge in [0.15, 0.2) is 0 Å². The zero-order chi connectivity index (χ0) is 14.6. The molecule has 19 heavy (non-hydrogen) atoms. The fourth-order valence-electron chi connectivity index (χ4n) is 2.61. The Hall–Kier alpha value is -0.650. The van der Waals surface area contributed by atoms with Crippen molar-refractivity contribution in [3.8, 4) is 0 Å². The van der Waals surface area contributed by atoms with E-state index in [0.717, 1.165) is 32.6 Å². The average molecular weight is 270 g/mol. The van der Waals surface area contributed by atoms with Crippen LogP contribution in [0.5, 0.6) is 0 Å². The van der Waals surface area contributed by atoms with E-state index in [4.69, 9.17) is 5.73 Å². The second kappa shape index (κ2) is 6.68. The highest BCUT2D eigenvalue weighted by atomic mass is 16.1. The average Bonchev–Trinajstić information content (AvgIpc) is 2.29. The molecule has 0 aliphatic carbocycles. The Labute approximate surface area is 117 Å². The van der Waals surface area contributed by atoms with Crippen molar-refractivity contribution in [1.29, 1.82) is 0 Å². The highest BCUT2D eigenvalue weighted by Gasteiger charge is 2.32. The van der Waals surface area contributed by atoms with Gasteiger partial charge in [-0.3, -0.25) is 4.79 Å². The number of carbonyl (C=O) groups excluding carboxylic acids is 1. The molecule has 0 aromatic rings. The number of nitrogens with zero attached hydrogens (tertiary/aromatic N) is 2. The van der Waals surface area contributed by atoms with Crippen molar-refractivity contribution >= 4 is 5.91 Å². The molecule has 3 N–H and O–H groups in total. The van der Waals surface area contributed by atoms with E-state index in [-0.39, 0.29) is 11.9 Å². The van der Waals surface area contributed by atoms with Gasteiger partial charge in [-0.25, -0.2) is 0 Å². The molecule has 1 rings (SSSR count). The van der Waals surface area contributed by atoms with E-state index >= 15 is 0 Å². The molecule has 5 nitrogen and oxygen atoms in total. The molecular formula is C14H30N4O. The first kappa shape index (κ1) is 16.4. The number of amides is 1. The van der Waals surface area contributed by atoms with Crippen LogP contribution in [0, 0.1) is 0 Å². The van der Waals surface area contributed by atoms with Gasteiger partial charge < -0.3 is 20.9 Å². The summed E-state index contributed by atoms with van der Waals surface area (Å²) in [6.45, 7) is 12.4. The Balaban J connectivity index is 2.50. The molecule has 1 aliphatic rings. The second-order valence-corrected chi connectivity index (χ2v) is 6.38. The van der Waals surface area contributed by atoms with Gasteiger partial charge in [0, 0.05) is 38.3 Å². The van der Waals surface area contributed by atoms with Crippen molar-refractivity contribution in [2.45, 2.75) is 51.7 Å². The number of piperazine rings is 1. The zero-order valence-electron chi connectivity index (χ0n) is 13.1. The summed E-state index contributed by atoms with van der Waals surface area (Å²) in [7, 11) is 2.16. The Kier molecular flexibility index (Phi) is 5.77. The van der Waals surface area contributed by atoms with Crippen LogP contribution in [0.15, 0.2) is 0 Å². The standard InChI is InChI=1S/C14H30N4O/c1-11(2)16-14(4,13(15)19)6-7-18-9-8-17(5)12(3)10-18/h11-12,16H,6-10H2,1-5H3,(H2,15,19). The second-order valence-electron chi connectivity index (χ2n) is 6.38. The number of nitrogens with two attached hydrogens (primary N) is 1. The van der Waals surface area contributed by atoms with Gasteiger partial charge in [0.05, 0.1) is 5.54 Å². The van der Waals surface area contributed by atoms with Crippen LogP contribution < -0.4 is 11.1 Å². The molecule has 2 unspecified atom stereocenters. The van der Waals surface area contributed by atoms with Crippen molar-refractivity contribution in [2.24, 2.45) is 5.73 Å². The fourth-order valence-corrected chi connectivity index (χ4v) is 2.61. The van der Waals surface area contributed by atoms with Gasteiger partial charge in [0.25, 0.3) is 0 Å². The molecule has 0 saturated carbocycles. The maximum absolute atomic E-state index is 11.7. The summed E-state index contributed by atoms with van der Waals surface area (Å²) in [4.78, 5) is 16.5. The third-order valence-corrected chi connectivity index (χ3v) is 4.12. The minimum atomic E-state index is -0.610. The van der Waals surface area contributed by atoms with Crippen LogP contribution in [-0.2, 0) is 4.79 Å². The number of carbonyl (C=O) groups is 1. The highest BCUT2D eigenvalue weighted by Crippen LogP contribution is 2.14. The first-order valence-corrected chi connectivity index (χ1v) is 7.25. The minimum Gasteiger partial charge on any atom is -0.368 e. The number of likely N-dealkylation sites (N-methyl/N-ethyl adjacent to an activating group) is 1. The summed E-state index contributed by atoms with van der Waals surface area (Å²) in [6.07, 6.45) is 0.761. The Morgan fingerprint density at radius 3 is 2.58 bits per heavy atom. The smallest absolute Gasteiger partial charge is 0.237 e. The van der Waals surface area contributed by atoms with E-state index in [1.54, 1.807) is 0 Å². The number of nitrogens with one attached hydrogen (secondary N) is 1. The predicted molar refractivity (Wildman–Crippen MR) is 79.0 cm³/mol. The third kappa shape index (κ3) is 4.75. The van der Waals surface area contributed by atoms with Crippen LogP contribution in [0.4, 0.5) is 0 Å². The molecule has 1 aliphatic heterocycles. The molecule has 1 amide bonds. The van der Waals surface area contributed by atoms with Gasteiger partial charge in [0.2, 0.25) is 5.91 Å². The molecule has 1 saturated heterocycles. The van der Waals surface area contributed by atoms with Crippen molar-refractivity contribution < 1.29 is 4.79 Å². The molecule has 112 valence electrons. The normalized spacial score (nSPS) is 25.5. The molecule has 0 spiro atoms. The van der Waals surface area contributed by atoms with E-state index in [9.17, 15) is 4.79 Å². The topological polar surface area (TPSA) is 61.6 Å². The number of rotatable bonds is 6. The summed E-state index contributed by atoms with van der Waals surface area (Å²) in [5, 5.41) is 3.30. The van der Waals surface area contributed by atoms with E-state index in [0.29, 0.717) is 6.04 Å². The lowest BCUT2D eigenvalue weighted by Gasteiger charge is -2.39. The Bertz CT molecular complexity index is 308. The van der Waals surface area contributed by atoms with Gasteiger partial charge in [-0.2, -0.15) is 0 Å². The largest absolute Gasteiger partial charge is 0.368 e. The van der Waals surface area contributed by atoms with Crippen LogP contribution in [0.1, 0.15) is 34.1 Å². The van der Waals surface area contributed by atoms with Crippen molar-refractivity contribution in [3.05, 3.63) is 0 Å². The fraction of sp³-hybridized carbons (Fsp3) is 0.929. The molecule has 2 atom stereocenters. The molecule has 0 radical (unpaired) electrons. The lowest BCUT2D eigenvalue weighted by atomic mass is 9.95. The lowest BCUT2D eigenvalue weighted by Crippen LogP contribution is -2.58. The number of hydrogen-bond acceptors (Lipinski definition) is 4. The summed E-state index contributed by atoms with van der Waals surface area (Å²) >= 11 is 0. The van der Waals surface area contributed by atoms with Crippen molar-refractivity contribution in [2.75, 3.05) is 33.2 Å². The summed E-state index contributed by atoms with van der Waals surface area (Å²) < 4.78 is 0. The maximum Gasteiger partial charge on any atom is 0.237 e. The van der Waals surface area contributed by atoms with Gasteiger partial charge in [-0.15, -0.1) is 0 Å². The van der Waals surface area contributed by atoms with Crippen molar-refractivity contribution in [1.82, 2.24) is 15.1 Å². The zero-order valence-corrected chi connectivity index (χ0v) is 13.1. The van der Waals surface area contributed by atoms with Gasteiger partial charge in [-0.1, -0.05) is 0 Å². The van der Waals surface area contributed by atoms with E-state index < -0.39 is 5.54 Å². The maximum atomic E-state index is 11.7. The molecule has 0 aromatic carbocycles. The van der Waals surface area contributed by atoms with Crippen molar-refractivity contribution in [3.63, 3.8) is 0 Å². The van der Waals surface area contributed by atoms with Crippen LogP contribution in [-0.4, -0.2) is 66.6 Å². The molecule has 0 bridgehead atoms. The number of primary amides is 1. The molecule has 0 aromatic heterocycles. The summed E-state index contributed by atoms with van der Waals surface area (Å²) in [5.41, 5.74) is 4.95. The Morgan fingerprint density at radius 1 is 1.47 bits per heavy atom. The van der Waals surface area contributed by atoms with Crippen LogP contribution in [0.3, 0.4) is 0 Å². The first-order valence-electron chi connectivity index (χ1n) is 7.25. The minimum absolute atomic E-state index is 0.254. The SMILES string of the molecule is CC(C)NC(C)(CCN1CCN(C)C(C)C1)C(N)=O. The molecule has 1 fully saturated rings. The summed E-state index contributed by atoms with van der Waals surface area (Å²) in [5.74, 6) is -0.261. The van der Waals surface area contributed by atoms with Gasteiger partial charge >= 0.3 is 0 Å². The molecular weight excluding hydrogens is 240 g/mol. The van der Waals surface area contributed by atoms with Crippen LogP contribution in [0.25, 0.3) is 0 Å². The first-order chi connectivity index (χ1) is 8.74. The quantitative estimate of drug-likeness (QED) is 0.726. The predicted octanol–water partition coefficient (Wildman–Crippen LogP) is 0.254.